The summed E-state index contributed by atoms with van der Waals surface area (Å²) in [5.41, 5.74) is 1.74. The zero-order chi connectivity index (χ0) is 16.9. The Kier molecular flexibility index (Phi) is 4.47. The standard InChI is InChI=1S/C18H16N2O4/c21-17(22)16(20-18(23)24-13-6-2-1-3-7-13)10-12-11-19-15-9-5-4-8-14(12)15/h1-9,11,16,19H,10H2,(H,20,23)(H,21,22). The van der Waals surface area contributed by atoms with Crippen molar-refractivity contribution < 1.29 is 19.4 Å². The molecule has 24 heavy (non-hydrogen) atoms. The van der Waals surface area contributed by atoms with Crippen molar-refractivity contribution >= 4 is 23.0 Å². The highest BCUT2D eigenvalue weighted by Crippen LogP contribution is 2.19. The molecule has 0 saturated carbocycles. The van der Waals surface area contributed by atoms with Gasteiger partial charge in [0, 0.05) is 23.5 Å². The first-order valence-corrected chi connectivity index (χ1v) is 7.44. The van der Waals surface area contributed by atoms with Gasteiger partial charge in [0.2, 0.25) is 0 Å². The van der Waals surface area contributed by atoms with Gasteiger partial charge in [0.1, 0.15) is 11.8 Å². The van der Waals surface area contributed by atoms with Crippen LogP contribution in [0.3, 0.4) is 0 Å². The van der Waals surface area contributed by atoms with E-state index in [0.29, 0.717) is 5.75 Å². The van der Waals surface area contributed by atoms with Gasteiger partial charge >= 0.3 is 12.1 Å². The fourth-order valence-electron chi connectivity index (χ4n) is 2.49. The monoisotopic (exact) mass is 324 g/mol. The third-order valence-corrected chi connectivity index (χ3v) is 3.64. The second-order valence-electron chi connectivity index (χ2n) is 5.30. The molecule has 1 heterocycles. The van der Waals surface area contributed by atoms with Gasteiger partial charge in [-0.3, -0.25) is 0 Å². The fraction of sp³-hybridized carbons (Fsp3) is 0.111. The van der Waals surface area contributed by atoms with Crippen molar-refractivity contribution in [3.63, 3.8) is 0 Å². The number of aromatic nitrogens is 1. The summed E-state index contributed by atoms with van der Waals surface area (Å²) in [6, 6.07) is 15.0. The van der Waals surface area contributed by atoms with Gasteiger partial charge in [0.15, 0.2) is 0 Å². The number of hydrogen-bond acceptors (Lipinski definition) is 3. The smallest absolute Gasteiger partial charge is 0.413 e. The highest BCUT2D eigenvalue weighted by Gasteiger charge is 2.22. The number of carboxylic acids is 1. The molecule has 3 rings (SSSR count). The minimum atomic E-state index is -1.12. The van der Waals surface area contributed by atoms with E-state index in [1.54, 1.807) is 36.5 Å². The van der Waals surface area contributed by atoms with Crippen LogP contribution in [-0.4, -0.2) is 28.2 Å². The summed E-state index contributed by atoms with van der Waals surface area (Å²) in [7, 11) is 0. The number of hydrogen-bond donors (Lipinski definition) is 3. The van der Waals surface area contributed by atoms with Crippen LogP contribution >= 0.6 is 0 Å². The lowest BCUT2D eigenvalue weighted by atomic mass is 10.1. The van der Waals surface area contributed by atoms with Crippen LogP contribution in [0, 0.1) is 0 Å². The zero-order valence-corrected chi connectivity index (χ0v) is 12.7. The van der Waals surface area contributed by atoms with Crippen molar-refractivity contribution in [3.05, 3.63) is 66.4 Å². The summed E-state index contributed by atoms with van der Waals surface area (Å²) in [6.07, 6.45) is 1.11. The molecule has 122 valence electrons. The second kappa shape index (κ2) is 6.87. The third-order valence-electron chi connectivity index (χ3n) is 3.64. The van der Waals surface area contributed by atoms with Crippen LogP contribution in [0.2, 0.25) is 0 Å². The maximum absolute atomic E-state index is 11.9. The molecule has 0 saturated heterocycles. The Hall–Kier alpha value is -3.28. The van der Waals surface area contributed by atoms with Gasteiger partial charge in [-0.15, -0.1) is 0 Å². The van der Waals surface area contributed by atoms with Crippen LogP contribution < -0.4 is 10.1 Å². The van der Waals surface area contributed by atoms with E-state index >= 15 is 0 Å². The molecule has 1 atom stereocenters. The summed E-state index contributed by atoms with van der Waals surface area (Å²) >= 11 is 0. The Labute approximate surface area is 138 Å². The van der Waals surface area contributed by atoms with Gasteiger partial charge in [-0.2, -0.15) is 0 Å². The van der Waals surface area contributed by atoms with Gasteiger partial charge < -0.3 is 20.1 Å². The predicted octanol–water partition coefficient (Wildman–Crippen LogP) is 2.95. The van der Waals surface area contributed by atoms with E-state index in [1.165, 1.54) is 0 Å². The van der Waals surface area contributed by atoms with E-state index in [9.17, 15) is 14.7 Å². The fourth-order valence-corrected chi connectivity index (χ4v) is 2.49. The van der Waals surface area contributed by atoms with Crippen LogP contribution in [0.1, 0.15) is 5.56 Å². The average molecular weight is 324 g/mol. The number of fused-ring (bicyclic) bond motifs is 1. The molecule has 6 nitrogen and oxygen atoms in total. The van der Waals surface area contributed by atoms with Crippen LogP contribution in [0.5, 0.6) is 5.75 Å². The molecule has 3 N–H and O–H groups in total. The Morgan fingerprint density at radius 1 is 1.08 bits per heavy atom. The van der Waals surface area contributed by atoms with Crippen molar-refractivity contribution in [1.29, 1.82) is 0 Å². The first-order valence-electron chi connectivity index (χ1n) is 7.44. The summed E-state index contributed by atoms with van der Waals surface area (Å²) in [6.45, 7) is 0. The Balaban J connectivity index is 1.71. The molecule has 1 amide bonds. The Bertz CT molecular complexity index is 858. The van der Waals surface area contributed by atoms with Crippen molar-refractivity contribution in [2.24, 2.45) is 0 Å². The summed E-state index contributed by atoms with van der Waals surface area (Å²) < 4.78 is 5.08. The van der Waals surface area contributed by atoms with E-state index in [-0.39, 0.29) is 6.42 Å². The summed E-state index contributed by atoms with van der Waals surface area (Å²) in [5, 5.41) is 12.7. The molecule has 0 aliphatic heterocycles. The summed E-state index contributed by atoms with van der Waals surface area (Å²) in [5.74, 6) is -0.767. The van der Waals surface area contributed by atoms with E-state index in [0.717, 1.165) is 16.5 Å². The number of carbonyl (C=O) groups excluding carboxylic acids is 1. The predicted molar refractivity (Wildman–Crippen MR) is 89.0 cm³/mol. The summed E-state index contributed by atoms with van der Waals surface area (Å²) in [4.78, 5) is 26.5. The van der Waals surface area contributed by atoms with Crippen molar-refractivity contribution in [3.8, 4) is 5.75 Å². The molecule has 6 heteroatoms. The van der Waals surface area contributed by atoms with Gasteiger partial charge in [-0.1, -0.05) is 36.4 Å². The first-order chi connectivity index (χ1) is 11.6. The number of para-hydroxylation sites is 2. The number of carbonyl (C=O) groups is 2. The number of benzene rings is 2. The number of aromatic amines is 1. The van der Waals surface area contributed by atoms with Gasteiger partial charge in [-0.05, 0) is 23.8 Å². The number of H-pyrrole nitrogens is 1. The maximum atomic E-state index is 11.9. The van der Waals surface area contributed by atoms with Crippen LogP contribution in [0.4, 0.5) is 4.79 Å². The largest absolute Gasteiger partial charge is 0.480 e. The normalized spacial score (nSPS) is 11.8. The topological polar surface area (TPSA) is 91.4 Å². The van der Waals surface area contributed by atoms with Gasteiger partial charge in [0.05, 0.1) is 0 Å². The van der Waals surface area contributed by atoms with Crippen molar-refractivity contribution in [2.75, 3.05) is 0 Å². The zero-order valence-electron chi connectivity index (χ0n) is 12.7. The first kappa shape index (κ1) is 15.6. The Morgan fingerprint density at radius 2 is 1.79 bits per heavy atom. The van der Waals surface area contributed by atoms with E-state index in [2.05, 4.69) is 10.3 Å². The number of amides is 1. The molecule has 1 unspecified atom stereocenters. The van der Waals surface area contributed by atoms with Crippen molar-refractivity contribution in [1.82, 2.24) is 10.3 Å². The number of ether oxygens (including phenoxy) is 1. The van der Waals surface area contributed by atoms with E-state index in [4.69, 9.17) is 4.74 Å². The van der Waals surface area contributed by atoms with Crippen LogP contribution in [0.15, 0.2) is 60.8 Å². The van der Waals surface area contributed by atoms with Gasteiger partial charge in [-0.25, -0.2) is 9.59 Å². The minimum absolute atomic E-state index is 0.156. The molecule has 3 aromatic rings. The SMILES string of the molecule is O=C(NC(Cc1c[nH]c2ccccc12)C(=O)O)Oc1ccccc1. The molecule has 0 bridgehead atoms. The van der Waals surface area contributed by atoms with Crippen LogP contribution in [-0.2, 0) is 11.2 Å². The average Bonchev–Trinajstić information content (AvgIpc) is 2.98. The molecule has 0 radical (unpaired) electrons. The minimum Gasteiger partial charge on any atom is -0.480 e. The van der Waals surface area contributed by atoms with Crippen molar-refractivity contribution in [2.45, 2.75) is 12.5 Å². The molecule has 2 aromatic carbocycles. The number of rotatable bonds is 5. The van der Waals surface area contributed by atoms with Crippen LogP contribution in [0.25, 0.3) is 10.9 Å². The molecular formula is C18H16N2O4. The quantitative estimate of drug-likeness (QED) is 0.673. The lowest BCUT2D eigenvalue weighted by Crippen LogP contribution is -2.43. The van der Waals surface area contributed by atoms with Gasteiger partial charge in [0.25, 0.3) is 0 Å². The number of aliphatic carboxylic acids is 1. The lowest BCUT2D eigenvalue weighted by molar-refractivity contribution is -0.139. The molecule has 1 aromatic heterocycles. The highest BCUT2D eigenvalue weighted by atomic mass is 16.6. The number of carboxylic acid groups (broad SMARTS) is 1. The van der Waals surface area contributed by atoms with E-state index < -0.39 is 18.1 Å². The third kappa shape index (κ3) is 3.55. The highest BCUT2D eigenvalue weighted by molar-refractivity contribution is 5.85. The molecule has 0 aliphatic carbocycles. The molecular weight excluding hydrogens is 308 g/mol. The molecule has 0 fully saturated rings. The van der Waals surface area contributed by atoms with E-state index in [1.807, 2.05) is 24.3 Å². The Morgan fingerprint density at radius 3 is 2.54 bits per heavy atom. The lowest BCUT2D eigenvalue weighted by Gasteiger charge is -2.14. The number of nitrogens with one attached hydrogen (secondary N) is 2. The second-order valence-corrected chi connectivity index (χ2v) is 5.30. The molecule has 0 aliphatic rings. The maximum Gasteiger partial charge on any atom is 0.413 e. The molecule has 0 spiro atoms.